The lowest BCUT2D eigenvalue weighted by Gasteiger charge is -2.28. The van der Waals surface area contributed by atoms with Crippen LogP contribution >= 0.6 is 0 Å². The predicted molar refractivity (Wildman–Crippen MR) is 74.6 cm³/mol. The number of carbonyl (C=O) groups excluding carboxylic acids is 2. The molecule has 0 N–H and O–H groups in total. The molecule has 0 aromatic heterocycles. The van der Waals surface area contributed by atoms with Crippen LogP contribution in [0, 0.1) is 17.2 Å². The van der Waals surface area contributed by atoms with Crippen LogP contribution in [0.5, 0.6) is 0 Å². The summed E-state index contributed by atoms with van der Waals surface area (Å²) in [6.45, 7) is 2.59. The molecular formula is C15H23N3O2. The Morgan fingerprint density at radius 2 is 1.60 bits per heavy atom. The first-order valence-corrected chi connectivity index (χ1v) is 7.66. The molecule has 5 nitrogen and oxygen atoms in total. The largest absolute Gasteiger partial charge is 0.341 e. The minimum Gasteiger partial charge on any atom is -0.341 e. The van der Waals surface area contributed by atoms with Crippen molar-refractivity contribution >= 4 is 11.8 Å². The van der Waals surface area contributed by atoms with Gasteiger partial charge in [-0.25, -0.2) is 0 Å². The molecule has 0 atom stereocenters. The highest BCUT2D eigenvalue weighted by Crippen LogP contribution is 2.25. The van der Waals surface area contributed by atoms with E-state index in [9.17, 15) is 9.59 Å². The Morgan fingerprint density at radius 3 is 2.30 bits per heavy atom. The van der Waals surface area contributed by atoms with Gasteiger partial charge < -0.3 is 9.80 Å². The van der Waals surface area contributed by atoms with Crippen molar-refractivity contribution in [1.29, 1.82) is 5.26 Å². The van der Waals surface area contributed by atoms with Gasteiger partial charge in [0.2, 0.25) is 11.8 Å². The zero-order valence-electron chi connectivity index (χ0n) is 12.0. The van der Waals surface area contributed by atoms with E-state index in [0.29, 0.717) is 19.6 Å². The Hall–Kier alpha value is -1.57. The van der Waals surface area contributed by atoms with E-state index in [0.717, 1.165) is 38.6 Å². The van der Waals surface area contributed by atoms with Crippen LogP contribution in [0.25, 0.3) is 0 Å². The van der Waals surface area contributed by atoms with Crippen LogP contribution < -0.4 is 0 Å². The number of hydrogen-bond acceptors (Lipinski definition) is 3. The summed E-state index contributed by atoms with van der Waals surface area (Å²) < 4.78 is 0. The van der Waals surface area contributed by atoms with Gasteiger partial charge in [0.25, 0.3) is 0 Å². The van der Waals surface area contributed by atoms with Crippen LogP contribution in [0.4, 0.5) is 0 Å². The smallest absolute Gasteiger partial charge is 0.236 e. The number of rotatable bonds is 2. The van der Waals surface area contributed by atoms with Crippen LogP contribution in [0.2, 0.25) is 0 Å². The summed E-state index contributed by atoms with van der Waals surface area (Å²) in [7, 11) is 0. The van der Waals surface area contributed by atoms with Gasteiger partial charge in [0.1, 0.15) is 6.42 Å². The van der Waals surface area contributed by atoms with Crippen LogP contribution in [-0.4, -0.2) is 47.8 Å². The predicted octanol–water partition coefficient (Wildman–Crippen LogP) is 1.54. The molecule has 0 spiro atoms. The Bertz CT molecular complexity index is 396. The van der Waals surface area contributed by atoms with E-state index in [-0.39, 0.29) is 24.2 Å². The van der Waals surface area contributed by atoms with E-state index in [2.05, 4.69) is 0 Å². The number of nitrogens with zero attached hydrogens (tertiary/aromatic N) is 3. The SMILES string of the molecule is N#CCC(=O)N1CCCN(C(=O)C2CCCCC2)CC1. The standard InChI is InChI=1S/C15H23N3O2/c16-8-7-14(19)17-9-4-10-18(12-11-17)15(20)13-5-2-1-3-6-13/h13H,1-7,9-12H2. The minimum absolute atomic E-state index is 0.0590. The molecule has 0 unspecified atom stereocenters. The molecule has 0 bridgehead atoms. The summed E-state index contributed by atoms with van der Waals surface area (Å²) >= 11 is 0. The van der Waals surface area contributed by atoms with E-state index < -0.39 is 0 Å². The second-order valence-corrected chi connectivity index (χ2v) is 5.73. The molecule has 2 fully saturated rings. The van der Waals surface area contributed by atoms with Gasteiger partial charge in [-0.05, 0) is 19.3 Å². The molecule has 0 aromatic carbocycles. The van der Waals surface area contributed by atoms with Gasteiger partial charge in [0.05, 0.1) is 6.07 Å². The lowest BCUT2D eigenvalue weighted by Crippen LogP contribution is -2.40. The highest BCUT2D eigenvalue weighted by atomic mass is 16.2. The molecule has 0 radical (unpaired) electrons. The average Bonchev–Trinajstić information content (AvgIpc) is 2.73. The molecule has 1 aliphatic heterocycles. The molecule has 1 aliphatic carbocycles. The molecule has 2 amide bonds. The van der Waals surface area contributed by atoms with Gasteiger partial charge in [-0.15, -0.1) is 0 Å². The molecule has 2 aliphatic rings. The van der Waals surface area contributed by atoms with Crippen molar-refractivity contribution in [2.45, 2.75) is 44.9 Å². The van der Waals surface area contributed by atoms with Crippen molar-refractivity contribution in [2.75, 3.05) is 26.2 Å². The lowest BCUT2D eigenvalue weighted by atomic mass is 9.88. The fraction of sp³-hybridized carbons (Fsp3) is 0.800. The minimum atomic E-state index is -0.112. The fourth-order valence-electron chi connectivity index (χ4n) is 3.17. The van der Waals surface area contributed by atoms with E-state index in [1.54, 1.807) is 4.90 Å². The first-order valence-electron chi connectivity index (χ1n) is 7.66. The molecule has 110 valence electrons. The second-order valence-electron chi connectivity index (χ2n) is 5.73. The maximum atomic E-state index is 12.5. The highest BCUT2D eigenvalue weighted by molar-refractivity contribution is 5.80. The maximum Gasteiger partial charge on any atom is 0.236 e. The normalized spacial score (nSPS) is 21.1. The van der Waals surface area contributed by atoms with Gasteiger partial charge in [0, 0.05) is 32.1 Å². The molecule has 1 saturated heterocycles. The van der Waals surface area contributed by atoms with Crippen molar-refractivity contribution in [3.8, 4) is 6.07 Å². The lowest BCUT2D eigenvalue weighted by molar-refractivity contribution is -0.137. The maximum absolute atomic E-state index is 12.5. The topological polar surface area (TPSA) is 64.4 Å². The van der Waals surface area contributed by atoms with Crippen molar-refractivity contribution in [3.05, 3.63) is 0 Å². The summed E-state index contributed by atoms with van der Waals surface area (Å²) in [6.07, 6.45) is 6.37. The first kappa shape index (κ1) is 14.8. The number of hydrogen-bond donors (Lipinski definition) is 0. The third-order valence-corrected chi connectivity index (χ3v) is 4.34. The Morgan fingerprint density at radius 1 is 0.950 bits per heavy atom. The molecule has 5 heteroatoms. The summed E-state index contributed by atoms with van der Waals surface area (Å²) in [4.78, 5) is 27.9. The molecular weight excluding hydrogens is 254 g/mol. The molecule has 1 saturated carbocycles. The molecule has 20 heavy (non-hydrogen) atoms. The number of carbonyl (C=O) groups is 2. The van der Waals surface area contributed by atoms with Crippen LogP contribution in [-0.2, 0) is 9.59 Å². The summed E-state index contributed by atoms with van der Waals surface area (Å²) in [6, 6.07) is 1.90. The third-order valence-electron chi connectivity index (χ3n) is 4.34. The van der Waals surface area contributed by atoms with Crippen molar-refractivity contribution in [1.82, 2.24) is 9.80 Å². The molecule has 2 rings (SSSR count). The van der Waals surface area contributed by atoms with Crippen molar-refractivity contribution in [2.24, 2.45) is 5.92 Å². The fourth-order valence-corrected chi connectivity index (χ4v) is 3.17. The first-order chi connectivity index (χ1) is 9.72. The zero-order chi connectivity index (χ0) is 14.4. The molecule has 1 heterocycles. The number of nitriles is 1. The zero-order valence-corrected chi connectivity index (χ0v) is 12.0. The van der Waals surface area contributed by atoms with Crippen molar-refractivity contribution < 1.29 is 9.59 Å². The summed E-state index contributed by atoms with van der Waals surface area (Å²) in [5, 5.41) is 8.59. The van der Waals surface area contributed by atoms with Gasteiger partial charge in [0.15, 0.2) is 0 Å². The van der Waals surface area contributed by atoms with Gasteiger partial charge in [-0.2, -0.15) is 5.26 Å². The van der Waals surface area contributed by atoms with Gasteiger partial charge >= 0.3 is 0 Å². The van der Waals surface area contributed by atoms with Crippen molar-refractivity contribution in [3.63, 3.8) is 0 Å². The Kier molecular flexibility index (Phi) is 5.40. The Balaban J connectivity index is 1.87. The van der Waals surface area contributed by atoms with Crippen LogP contribution in [0.1, 0.15) is 44.9 Å². The molecule has 0 aromatic rings. The summed E-state index contributed by atoms with van der Waals surface area (Å²) in [5.41, 5.74) is 0. The van der Waals surface area contributed by atoms with Crippen LogP contribution in [0.15, 0.2) is 0 Å². The number of amides is 2. The third kappa shape index (κ3) is 3.72. The summed E-state index contributed by atoms with van der Waals surface area (Å²) in [5.74, 6) is 0.365. The Labute approximate surface area is 120 Å². The van der Waals surface area contributed by atoms with Gasteiger partial charge in [-0.1, -0.05) is 19.3 Å². The quantitative estimate of drug-likeness (QED) is 0.769. The average molecular weight is 277 g/mol. The highest BCUT2D eigenvalue weighted by Gasteiger charge is 2.28. The van der Waals surface area contributed by atoms with E-state index in [4.69, 9.17) is 5.26 Å². The van der Waals surface area contributed by atoms with E-state index in [1.807, 2.05) is 11.0 Å². The van der Waals surface area contributed by atoms with Crippen LogP contribution in [0.3, 0.4) is 0 Å². The van der Waals surface area contributed by atoms with E-state index >= 15 is 0 Å². The van der Waals surface area contributed by atoms with Gasteiger partial charge in [-0.3, -0.25) is 9.59 Å². The van der Waals surface area contributed by atoms with E-state index in [1.165, 1.54) is 6.42 Å². The second kappa shape index (κ2) is 7.28. The monoisotopic (exact) mass is 277 g/mol.